The van der Waals surface area contributed by atoms with E-state index in [0.29, 0.717) is 11.4 Å². The van der Waals surface area contributed by atoms with Crippen LogP contribution in [0.15, 0.2) is 36.8 Å². The van der Waals surface area contributed by atoms with Gasteiger partial charge in [0.2, 0.25) is 11.8 Å². The van der Waals surface area contributed by atoms with Crippen LogP contribution in [0.3, 0.4) is 0 Å². The Labute approximate surface area is 139 Å². The Morgan fingerprint density at radius 1 is 1.25 bits per heavy atom. The zero-order valence-corrected chi connectivity index (χ0v) is 13.2. The van der Waals surface area contributed by atoms with E-state index in [2.05, 4.69) is 20.0 Å². The zero-order valence-electron chi connectivity index (χ0n) is 13.2. The van der Waals surface area contributed by atoms with Gasteiger partial charge in [-0.2, -0.15) is 4.98 Å². The van der Waals surface area contributed by atoms with Crippen molar-refractivity contribution >= 4 is 17.6 Å². The largest absolute Gasteiger partial charge is 0.469 e. The van der Waals surface area contributed by atoms with Crippen LogP contribution < -0.4 is 10.1 Å². The highest BCUT2D eigenvalue weighted by atomic mass is 16.5. The van der Waals surface area contributed by atoms with Gasteiger partial charge in [0.15, 0.2) is 0 Å². The van der Waals surface area contributed by atoms with Gasteiger partial charge in [0.1, 0.15) is 17.8 Å². The molecule has 0 atom stereocenters. The average molecular weight is 327 g/mol. The molecule has 1 aromatic carbocycles. The molecule has 7 heteroatoms. The van der Waals surface area contributed by atoms with Gasteiger partial charge >= 0.3 is 5.97 Å². The van der Waals surface area contributed by atoms with Crippen LogP contribution in [0.5, 0.6) is 11.6 Å². The summed E-state index contributed by atoms with van der Waals surface area (Å²) in [5.41, 5.74) is 1.26. The molecule has 0 radical (unpaired) electrons. The second-order valence-corrected chi connectivity index (χ2v) is 5.50. The van der Waals surface area contributed by atoms with Gasteiger partial charge in [-0.3, -0.25) is 9.59 Å². The Balaban J connectivity index is 1.69. The molecule has 1 heterocycles. The highest BCUT2D eigenvalue weighted by molar-refractivity contribution is 5.94. The first-order valence-electron chi connectivity index (χ1n) is 7.60. The monoisotopic (exact) mass is 327 g/mol. The predicted octanol–water partition coefficient (Wildman–Crippen LogP) is 2.33. The summed E-state index contributed by atoms with van der Waals surface area (Å²) in [6, 6.07) is 7.01. The third kappa shape index (κ3) is 4.07. The fourth-order valence-corrected chi connectivity index (χ4v) is 2.09. The van der Waals surface area contributed by atoms with Gasteiger partial charge in [-0.05, 0) is 30.5 Å². The zero-order chi connectivity index (χ0) is 16.9. The van der Waals surface area contributed by atoms with Crippen LogP contribution in [-0.2, 0) is 20.7 Å². The van der Waals surface area contributed by atoms with Crippen molar-refractivity contribution in [2.45, 2.75) is 19.3 Å². The van der Waals surface area contributed by atoms with E-state index < -0.39 is 0 Å². The third-order valence-electron chi connectivity index (χ3n) is 3.60. The number of esters is 1. The summed E-state index contributed by atoms with van der Waals surface area (Å²) in [5.74, 6) is 0.562. The van der Waals surface area contributed by atoms with Crippen LogP contribution in [0.4, 0.5) is 5.69 Å². The number of nitrogens with zero attached hydrogens (tertiary/aromatic N) is 2. The first-order chi connectivity index (χ1) is 11.7. The summed E-state index contributed by atoms with van der Waals surface area (Å²) in [7, 11) is 1.35. The maximum absolute atomic E-state index is 11.9. The van der Waals surface area contributed by atoms with Crippen molar-refractivity contribution in [3.63, 3.8) is 0 Å². The van der Waals surface area contributed by atoms with E-state index in [9.17, 15) is 9.59 Å². The topological polar surface area (TPSA) is 90.4 Å². The minimum absolute atomic E-state index is 0.0388. The number of benzene rings is 1. The maximum Gasteiger partial charge on any atom is 0.309 e. The minimum atomic E-state index is -0.301. The van der Waals surface area contributed by atoms with Crippen molar-refractivity contribution in [2.24, 2.45) is 5.92 Å². The van der Waals surface area contributed by atoms with Crippen LogP contribution in [0, 0.1) is 5.92 Å². The third-order valence-corrected chi connectivity index (χ3v) is 3.60. The van der Waals surface area contributed by atoms with Crippen LogP contribution in [-0.4, -0.2) is 29.0 Å². The van der Waals surface area contributed by atoms with E-state index in [1.54, 1.807) is 24.3 Å². The highest BCUT2D eigenvalue weighted by Gasteiger charge is 2.30. The Morgan fingerprint density at radius 3 is 2.67 bits per heavy atom. The van der Waals surface area contributed by atoms with Crippen LogP contribution in [0.2, 0.25) is 0 Å². The standard InChI is InChI=1S/C17H17N3O4/c1-23-15(21)8-11-2-6-13(7-3-11)24-17-14(9-18-10-19-17)20-16(22)12-4-5-12/h2-3,6-7,9-10,12H,4-5,8H2,1H3,(H,20,22). The number of rotatable bonds is 6. The molecule has 0 saturated heterocycles. The molecule has 0 unspecified atom stereocenters. The van der Waals surface area contributed by atoms with Gasteiger partial charge in [-0.25, -0.2) is 4.98 Å². The molecule has 24 heavy (non-hydrogen) atoms. The number of nitrogens with one attached hydrogen (secondary N) is 1. The van der Waals surface area contributed by atoms with Crippen molar-refractivity contribution in [1.29, 1.82) is 0 Å². The molecule has 1 aromatic heterocycles. The Morgan fingerprint density at radius 2 is 2.00 bits per heavy atom. The first kappa shape index (κ1) is 15.9. The van der Waals surface area contributed by atoms with E-state index >= 15 is 0 Å². The number of amides is 1. The molecule has 1 fully saturated rings. The number of ether oxygens (including phenoxy) is 2. The van der Waals surface area contributed by atoms with Crippen molar-refractivity contribution in [2.75, 3.05) is 12.4 Å². The molecule has 1 amide bonds. The summed E-state index contributed by atoms with van der Waals surface area (Å²) < 4.78 is 10.3. The molecular formula is C17H17N3O4. The van der Waals surface area contributed by atoms with E-state index in [0.717, 1.165) is 18.4 Å². The number of methoxy groups -OCH3 is 1. The second kappa shape index (κ2) is 7.08. The smallest absolute Gasteiger partial charge is 0.309 e. The lowest BCUT2D eigenvalue weighted by atomic mass is 10.1. The molecule has 1 N–H and O–H groups in total. The van der Waals surface area contributed by atoms with Crippen LogP contribution >= 0.6 is 0 Å². The molecule has 2 aromatic rings. The molecule has 7 nitrogen and oxygen atoms in total. The Kier molecular flexibility index (Phi) is 4.69. The number of carbonyl (C=O) groups excluding carboxylic acids is 2. The van der Waals surface area contributed by atoms with E-state index in [4.69, 9.17) is 4.74 Å². The fourth-order valence-electron chi connectivity index (χ4n) is 2.09. The average Bonchev–Trinajstić information content (AvgIpc) is 3.43. The molecule has 0 bridgehead atoms. The quantitative estimate of drug-likeness (QED) is 0.819. The molecule has 3 rings (SSSR count). The van der Waals surface area contributed by atoms with Crippen molar-refractivity contribution < 1.29 is 19.1 Å². The second-order valence-electron chi connectivity index (χ2n) is 5.50. The highest BCUT2D eigenvalue weighted by Crippen LogP contribution is 2.32. The number of aromatic nitrogens is 2. The number of hydrogen-bond donors (Lipinski definition) is 1. The normalized spacial score (nSPS) is 13.2. The fraction of sp³-hybridized carbons (Fsp3) is 0.294. The molecule has 0 aliphatic heterocycles. The Hall–Kier alpha value is -2.96. The molecule has 1 saturated carbocycles. The van der Waals surface area contributed by atoms with E-state index in [1.165, 1.54) is 19.6 Å². The van der Waals surface area contributed by atoms with Crippen molar-refractivity contribution in [3.8, 4) is 11.6 Å². The molecule has 1 aliphatic carbocycles. The molecule has 0 spiro atoms. The SMILES string of the molecule is COC(=O)Cc1ccc(Oc2ncncc2NC(=O)C2CC2)cc1. The summed E-state index contributed by atoms with van der Waals surface area (Å²) in [4.78, 5) is 31.1. The first-order valence-corrected chi connectivity index (χ1v) is 7.60. The van der Waals surface area contributed by atoms with Crippen molar-refractivity contribution in [1.82, 2.24) is 9.97 Å². The lowest BCUT2D eigenvalue weighted by molar-refractivity contribution is -0.139. The lowest BCUT2D eigenvalue weighted by Crippen LogP contribution is -2.14. The summed E-state index contributed by atoms with van der Waals surface area (Å²) in [5, 5.41) is 2.79. The summed E-state index contributed by atoms with van der Waals surface area (Å²) >= 11 is 0. The van der Waals surface area contributed by atoms with Crippen LogP contribution in [0.25, 0.3) is 0 Å². The maximum atomic E-state index is 11.9. The van der Waals surface area contributed by atoms with Gasteiger partial charge < -0.3 is 14.8 Å². The number of anilines is 1. The predicted molar refractivity (Wildman–Crippen MR) is 85.6 cm³/mol. The molecule has 124 valence electrons. The van der Waals surface area contributed by atoms with Gasteiger partial charge in [0.25, 0.3) is 0 Å². The summed E-state index contributed by atoms with van der Waals surface area (Å²) in [6.07, 6.45) is 4.89. The number of hydrogen-bond acceptors (Lipinski definition) is 6. The van der Waals surface area contributed by atoms with E-state index in [-0.39, 0.29) is 30.1 Å². The molecular weight excluding hydrogens is 310 g/mol. The Bertz CT molecular complexity index is 742. The van der Waals surface area contributed by atoms with E-state index in [1.807, 2.05) is 0 Å². The summed E-state index contributed by atoms with van der Waals surface area (Å²) in [6.45, 7) is 0. The van der Waals surface area contributed by atoms with Crippen molar-refractivity contribution in [3.05, 3.63) is 42.4 Å². The van der Waals surface area contributed by atoms with Gasteiger partial charge in [-0.15, -0.1) is 0 Å². The molecule has 1 aliphatic rings. The minimum Gasteiger partial charge on any atom is -0.469 e. The lowest BCUT2D eigenvalue weighted by Gasteiger charge is -2.10. The van der Waals surface area contributed by atoms with Gasteiger partial charge in [-0.1, -0.05) is 12.1 Å². The number of carbonyl (C=O) groups is 2. The van der Waals surface area contributed by atoms with Crippen LogP contribution in [0.1, 0.15) is 18.4 Å². The van der Waals surface area contributed by atoms with Gasteiger partial charge in [0.05, 0.1) is 19.7 Å². The van der Waals surface area contributed by atoms with Gasteiger partial charge in [0, 0.05) is 5.92 Å².